The third-order valence-electron chi connectivity index (χ3n) is 1.52. The number of fused-ring (bicyclic) bond motifs is 1. The minimum atomic E-state index is 0.589. The highest BCUT2D eigenvalue weighted by atomic mass is 127. The Bertz CT molecular complexity index is 436. The van der Waals surface area contributed by atoms with Crippen molar-refractivity contribution in [2.24, 2.45) is 0 Å². The van der Waals surface area contributed by atoms with Crippen molar-refractivity contribution in [3.63, 3.8) is 0 Å². The molecule has 12 heavy (non-hydrogen) atoms. The van der Waals surface area contributed by atoms with Crippen molar-refractivity contribution in [1.82, 2.24) is 4.98 Å². The summed E-state index contributed by atoms with van der Waals surface area (Å²) in [5, 5.41) is 0. The third-order valence-corrected chi connectivity index (χ3v) is 1.98. The van der Waals surface area contributed by atoms with Gasteiger partial charge in [0.1, 0.15) is 11.8 Å². The zero-order valence-corrected chi connectivity index (χ0v) is 8.11. The van der Waals surface area contributed by atoms with Gasteiger partial charge in [-0.15, -0.1) is 0 Å². The summed E-state index contributed by atoms with van der Waals surface area (Å²) in [5.74, 6) is 0. The minimum Gasteiger partial charge on any atom is -0.432 e. The second-order valence-electron chi connectivity index (χ2n) is 2.31. The van der Waals surface area contributed by atoms with Crippen molar-refractivity contribution in [2.75, 3.05) is 0 Å². The Labute approximate surface area is 81.9 Å². The van der Waals surface area contributed by atoms with Crippen LogP contribution in [0.4, 0.5) is 0 Å². The molecule has 0 saturated heterocycles. The van der Waals surface area contributed by atoms with Gasteiger partial charge >= 0.3 is 0 Å². The third kappa shape index (κ3) is 1.22. The molecule has 0 saturated carbocycles. The lowest BCUT2D eigenvalue weighted by molar-refractivity contribution is 0.112. The number of nitrogens with zero attached hydrogens (tertiary/aromatic N) is 1. The number of rotatable bonds is 1. The smallest absolute Gasteiger partial charge is 0.258 e. The van der Waals surface area contributed by atoms with Crippen LogP contribution >= 0.6 is 22.6 Å². The number of benzene rings is 1. The molecule has 2 aromatic rings. The number of carbonyl (C=O) groups is 1. The predicted molar refractivity (Wildman–Crippen MR) is 52.1 cm³/mol. The summed E-state index contributed by atoms with van der Waals surface area (Å²) >= 11 is 1.99. The number of hydrogen-bond donors (Lipinski definition) is 0. The summed E-state index contributed by atoms with van der Waals surface area (Å²) in [6.45, 7) is 0. The number of carbonyl (C=O) groups excluding carboxylic acids is 1. The molecule has 0 aliphatic heterocycles. The number of aromatic nitrogens is 1. The van der Waals surface area contributed by atoms with Gasteiger partial charge in [-0.1, -0.05) is 0 Å². The SMILES string of the molecule is O=Cc1ccc2nc(I)oc2c1. The van der Waals surface area contributed by atoms with Crippen LogP contribution < -0.4 is 0 Å². The van der Waals surface area contributed by atoms with E-state index in [0.29, 0.717) is 15.0 Å². The Hall–Kier alpha value is -0.910. The Morgan fingerprint density at radius 1 is 1.50 bits per heavy atom. The maximum absolute atomic E-state index is 10.4. The summed E-state index contributed by atoms with van der Waals surface area (Å²) in [6.07, 6.45) is 0.787. The predicted octanol–water partition coefficient (Wildman–Crippen LogP) is 2.24. The highest BCUT2D eigenvalue weighted by Crippen LogP contribution is 2.17. The molecule has 0 aliphatic rings. The number of aldehydes is 1. The largest absolute Gasteiger partial charge is 0.432 e. The maximum atomic E-state index is 10.4. The van der Waals surface area contributed by atoms with Crippen molar-refractivity contribution in [2.45, 2.75) is 0 Å². The van der Waals surface area contributed by atoms with E-state index in [1.807, 2.05) is 22.6 Å². The van der Waals surface area contributed by atoms with Crippen molar-refractivity contribution >= 4 is 40.0 Å². The van der Waals surface area contributed by atoms with E-state index in [1.54, 1.807) is 18.2 Å². The fourth-order valence-electron chi connectivity index (χ4n) is 0.986. The quantitative estimate of drug-likeness (QED) is 0.591. The monoisotopic (exact) mass is 273 g/mol. The van der Waals surface area contributed by atoms with Gasteiger partial charge in [0.2, 0.25) is 0 Å². The molecular weight excluding hydrogens is 269 g/mol. The molecule has 60 valence electrons. The molecule has 0 N–H and O–H groups in total. The average molecular weight is 273 g/mol. The van der Waals surface area contributed by atoms with Crippen molar-refractivity contribution in [3.05, 3.63) is 27.7 Å². The van der Waals surface area contributed by atoms with Gasteiger partial charge in [-0.25, -0.2) is 4.98 Å². The molecule has 1 aromatic carbocycles. The van der Waals surface area contributed by atoms with E-state index < -0.39 is 0 Å². The summed E-state index contributed by atoms with van der Waals surface area (Å²) < 4.78 is 5.82. The molecular formula is C8H4INO2. The first-order valence-corrected chi connectivity index (χ1v) is 4.39. The van der Waals surface area contributed by atoms with Gasteiger partial charge in [0.25, 0.3) is 3.90 Å². The Balaban J connectivity index is 2.74. The molecule has 1 heterocycles. The first kappa shape index (κ1) is 7.72. The molecule has 0 spiro atoms. The van der Waals surface area contributed by atoms with E-state index in [2.05, 4.69) is 4.98 Å². The van der Waals surface area contributed by atoms with Gasteiger partial charge < -0.3 is 4.42 Å². The summed E-state index contributed by atoms with van der Waals surface area (Å²) in [5.41, 5.74) is 2.05. The molecule has 0 bridgehead atoms. The molecule has 0 atom stereocenters. The second-order valence-corrected chi connectivity index (χ2v) is 3.23. The average Bonchev–Trinajstić information content (AvgIpc) is 2.43. The molecule has 3 nitrogen and oxygen atoms in total. The Kier molecular flexibility index (Phi) is 1.84. The molecule has 0 radical (unpaired) electrons. The van der Waals surface area contributed by atoms with Crippen LogP contribution in [0.1, 0.15) is 10.4 Å². The topological polar surface area (TPSA) is 43.1 Å². The molecule has 0 fully saturated rings. The lowest BCUT2D eigenvalue weighted by Crippen LogP contribution is -1.76. The molecule has 0 unspecified atom stereocenters. The maximum Gasteiger partial charge on any atom is 0.258 e. The lowest BCUT2D eigenvalue weighted by Gasteiger charge is -1.86. The van der Waals surface area contributed by atoms with Gasteiger partial charge in [-0.05, 0) is 18.2 Å². The summed E-state index contributed by atoms with van der Waals surface area (Å²) in [4.78, 5) is 14.5. The number of oxazole rings is 1. The van der Waals surface area contributed by atoms with Gasteiger partial charge in [0.05, 0.1) is 0 Å². The van der Waals surface area contributed by atoms with Crippen LogP contribution in [-0.4, -0.2) is 11.3 Å². The van der Waals surface area contributed by atoms with Crippen LogP contribution in [0.15, 0.2) is 22.6 Å². The summed E-state index contributed by atoms with van der Waals surface area (Å²) in [6, 6.07) is 5.16. The summed E-state index contributed by atoms with van der Waals surface area (Å²) in [7, 11) is 0. The lowest BCUT2D eigenvalue weighted by atomic mass is 10.2. The highest BCUT2D eigenvalue weighted by Gasteiger charge is 2.02. The van der Waals surface area contributed by atoms with Crippen molar-refractivity contribution < 1.29 is 9.21 Å². The van der Waals surface area contributed by atoms with Crippen LogP contribution in [0.5, 0.6) is 0 Å². The van der Waals surface area contributed by atoms with Crippen LogP contribution in [-0.2, 0) is 0 Å². The van der Waals surface area contributed by atoms with E-state index in [1.165, 1.54) is 0 Å². The van der Waals surface area contributed by atoms with Gasteiger partial charge in [0, 0.05) is 28.2 Å². The standard InChI is InChI=1S/C8H4INO2/c9-8-10-6-2-1-5(4-11)3-7(6)12-8/h1-4H. The molecule has 0 aliphatic carbocycles. The van der Waals surface area contributed by atoms with Crippen LogP contribution in [0.3, 0.4) is 0 Å². The molecule has 2 rings (SSSR count). The fraction of sp³-hybridized carbons (Fsp3) is 0. The molecule has 1 aromatic heterocycles. The second kappa shape index (κ2) is 2.85. The van der Waals surface area contributed by atoms with Crippen LogP contribution in [0.2, 0.25) is 0 Å². The van der Waals surface area contributed by atoms with Gasteiger partial charge in [0.15, 0.2) is 5.58 Å². The Morgan fingerprint density at radius 2 is 2.33 bits per heavy atom. The zero-order chi connectivity index (χ0) is 8.55. The first-order chi connectivity index (χ1) is 5.79. The van der Waals surface area contributed by atoms with E-state index >= 15 is 0 Å². The van der Waals surface area contributed by atoms with E-state index in [0.717, 1.165) is 11.8 Å². The van der Waals surface area contributed by atoms with Crippen LogP contribution in [0, 0.1) is 3.90 Å². The van der Waals surface area contributed by atoms with Crippen LogP contribution in [0.25, 0.3) is 11.1 Å². The fourth-order valence-corrected chi connectivity index (χ4v) is 1.48. The van der Waals surface area contributed by atoms with Crippen molar-refractivity contribution in [1.29, 1.82) is 0 Å². The van der Waals surface area contributed by atoms with Gasteiger partial charge in [-0.2, -0.15) is 0 Å². The van der Waals surface area contributed by atoms with Gasteiger partial charge in [-0.3, -0.25) is 4.79 Å². The first-order valence-electron chi connectivity index (χ1n) is 3.31. The normalized spacial score (nSPS) is 10.4. The Morgan fingerprint density at radius 3 is 3.08 bits per heavy atom. The zero-order valence-electron chi connectivity index (χ0n) is 5.95. The van der Waals surface area contributed by atoms with Crippen molar-refractivity contribution in [3.8, 4) is 0 Å². The molecule has 0 amide bonds. The van der Waals surface area contributed by atoms with E-state index in [4.69, 9.17) is 4.42 Å². The minimum absolute atomic E-state index is 0.589. The highest BCUT2D eigenvalue weighted by molar-refractivity contribution is 14.1. The van der Waals surface area contributed by atoms with E-state index in [9.17, 15) is 4.79 Å². The number of halogens is 1. The van der Waals surface area contributed by atoms with E-state index in [-0.39, 0.29) is 0 Å². The number of hydrogen-bond acceptors (Lipinski definition) is 3. The molecule has 4 heteroatoms.